The van der Waals surface area contributed by atoms with Gasteiger partial charge in [-0.2, -0.15) is 0 Å². The van der Waals surface area contributed by atoms with Gasteiger partial charge in [0.1, 0.15) is 5.75 Å². The topological polar surface area (TPSA) is 21.3 Å². The smallest absolute Gasteiger partial charge is 0.119 e. The summed E-state index contributed by atoms with van der Waals surface area (Å²) >= 11 is 6.13. The summed E-state index contributed by atoms with van der Waals surface area (Å²) < 4.78 is 5.42. The number of nitrogens with one attached hydrogen (secondary N) is 1. The molecule has 0 radical (unpaired) electrons. The lowest BCUT2D eigenvalue weighted by molar-refractivity contribution is 0.413. The van der Waals surface area contributed by atoms with Gasteiger partial charge in [0, 0.05) is 23.0 Å². The van der Waals surface area contributed by atoms with Gasteiger partial charge in [-0.25, -0.2) is 0 Å². The van der Waals surface area contributed by atoms with Crippen LogP contribution in [0.1, 0.15) is 41.5 Å². The molecule has 1 fully saturated rings. The number of benzene rings is 3. The van der Waals surface area contributed by atoms with Crippen LogP contribution in [0.4, 0.5) is 0 Å². The Bertz CT molecular complexity index is 998. The minimum atomic E-state index is 0.450. The van der Waals surface area contributed by atoms with E-state index < -0.39 is 0 Å². The predicted octanol–water partition coefficient (Wildman–Crippen LogP) is 6.15. The van der Waals surface area contributed by atoms with Gasteiger partial charge in [0.25, 0.3) is 0 Å². The van der Waals surface area contributed by atoms with Crippen LogP contribution in [0.5, 0.6) is 5.75 Å². The molecule has 28 heavy (non-hydrogen) atoms. The van der Waals surface area contributed by atoms with Gasteiger partial charge in [0.2, 0.25) is 0 Å². The molecular formula is C25H24ClNO. The molecule has 0 spiro atoms. The van der Waals surface area contributed by atoms with Gasteiger partial charge in [-0.15, -0.1) is 0 Å². The SMILES string of the molecule is COc1ccc2c(c1)C(N[C@H]1C[C@@H]1c1ccc(-c3cccc(Cl)c3)cc1)CC2. The van der Waals surface area contributed by atoms with Gasteiger partial charge < -0.3 is 10.1 Å². The number of aryl methyl sites for hydroxylation is 1. The Labute approximate surface area is 171 Å². The van der Waals surface area contributed by atoms with Gasteiger partial charge in [0.15, 0.2) is 0 Å². The molecule has 3 atom stereocenters. The first-order valence-corrected chi connectivity index (χ1v) is 10.4. The van der Waals surface area contributed by atoms with Crippen molar-refractivity contribution >= 4 is 11.6 Å². The lowest BCUT2D eigenvalue weighted by Crippen LogP contribution is -2.22. The molecule has 0 aliphatic heterocycles. The zero-order valence-corrected chi connectivity index (χ0v) is 16.7. The first kappa shape index (κ1) is 17.8. The highest BCUT2D eigenvalue weighted by Crippen LogP contribution is 2.44. The second kappa shape index (κ2) is 7.27. The average molecular weight is 390 g/mol. The van der Waals surface area contributed by atoms with Crippen LogP contribution in [0.2, 0.25) is 5.02 Å². The summed E-state index contributed by atoms with van der Waals surface area (Å²) in [5.41, 5.74) is 6.68. The number of hydrogen-bond donors (Lipinski definition) is 1. The Kier molecular flexibility index (Phi) is 4.62. The number of ether oxygens (including phenoxy) is 1. The second-order valence-electron chi connectivity index (χ2n) is 7.90. The van der Waals surface area contributed by atoms with E-state index in [1.165, 1.54) is 40.7 Å². The van der Waals surface area contributed by atoms with E-state index in [0.29, 0.717) is 18.0 Å². The molecule has 3 aromatic rings. The summed E-state index contributed by atoms with van der Waals surface area (Å²) in [6.07, 6.45) is 3.55. The van der Waals surface area contributed by atoms with Crippen LogP contribution in [-0.2, 0) is 6.42 Å². The lowest BCUT2D eigenvalue weighted by Gasteiger charge is -2.15. The molecular weight excluding hydrogens is 366 g/mol. The normalized spacial score (nSPS) is 22.7. The molecule has 1 unspecified atom stereocenters. The van der Waals surface area contributed by atoms with E-state index in [9.17, 15) is 0 Å². The predicted molar refractivity (Wildman–Crippen MR) is 115 cm³/mol. The van der Waals surface area contributed by atoms with Crippen molar-refractivity contribution in [3.8, 4) is 16.9 Å². The van der Waals surface area contributed by atoms with Crippen molar-refractivity contribution in [3.63, 3.8) is 0 Å². The van der Waals surface area contributed by atoms with E-state index in [1.54, 1.807) is 7.11 Å². The van der Waals surface area contributed by atoms with Crippen LogP contribution in [0, 0.1) is 0 Å². The molecule has 2 aliphatic carbocycles. The van der Waals surface area contributed by atoms with Crippen molar-refractivity contribution in [1.82, 2.24) is 5.32 Å². The van der Waals surface area contributed by atoms with E-state index >= 15 is 0 Å². The van der Waals surface area contributed by atoms with Gasteiger partial charge in [0.05, 0.1) is 7.11 Å². The highest BCUT2D eigenvalue weighted by molar-refractivity contribution is 6.30. The molecule has 142 valence electrons. The first-order chi connectivity index (χ1) is 13.7. The fourth-order valence-corrected chi connectivity index (χ4v) is 4.67. The van der Waals surface area contributed by atoms with Gasteiger partial charge in [-0.05, 0) is 71.3 Å². The molecule has 2 aliphatic rings. The molecule has 5 rings (SSSR count). The summed E-state index contributed by atoms with van der Waals surface area (Å²) in [5, 5.41) is 4.67. The molecule has 0 heterocycles. The zero-order valence-electron chi connectivity index (χ0n) is 16.0. The van der Waals surface area contributed by atoms with Crippen molar-refractivity contribution < 1.29 is 4.74 Å². The number of halogens is 1. The third-order valence-corrected chi connectivity index (χ3v) is 6.37. The maximum absolute atomic E-state index is 6.13. The molecule has 1 saturated carbocycles. The lowest BCUT2D eigenvalue weighted by atomic mass is 10.0. The zero-order chi connectivity index (χ0) is 19.1. The number of fused-ring (bicyclic) bond motifs is 1. The minimum Gasteiger partial charge on any atom is -0.497 e. The summed E-state index contributed by atoms with van der Waals surface area (Å²) in [6, 6.07) is 24.5. The average Bonchev–Trinajstić information content (AvgIpc) is 3.39. The molecule has 3 aromatic carbocycles. The van der Waals surface area contributed by atoms with Crippen LogP contribution in [0.15, 0.2) is 66.7 Å². The maximum Gasteiger partial charge on any atom is 0.119 e. The Hall–Kier alpha value is -2.29. The van der Waals surface area contributed by atoms with E-state index in [4.69, 9.17) is 16.3 Å². The largest absolute Gasteiger partial charge is 0.497 e. The van der Waals surface area contributed by atoms with Crippen molar-refractivity contribution in [2.24, 2.45) is 0 Å². The van der Waals surface area contributed by atoms with Crippen LogP contribution in [0.3, 0.4) is 0 Å². The fourth-order valence-electron chi connectivity index (χ4n) is 4.48. The van der Waals surface area contributed by atoms with Crippen molar-refractivity contribution in [3.05, 3.63) is 88.4 Å². The van der Waals surface area contributed by atoms with Gasteiger partial charge >= 0.3 is 0 Å². The Morgan fingerprint density at radius 1 is 0.964 bits per heavy atom. The summed E-state index contributed by atoms with van der Waals surface area (Å²) in [4.78, 5) is 0. The standard InChI is InChI=1S/C25H24ClNO/c1-28-21-11-9-18-10-12-24(22(18)14-21)27-25-15-23(25)17-7-5-16(6-8-17)19-3-2-4-20(26)13-19/h2-9,11,13-14,23-25,27H,10,12,15H2,1H3/t23-,24?,25+/m1/s1. The molecule has 0 amide bonds. The fraction of sp³-hybridized carbons (Fsp3) is 0.280. The third-order valence-electron chi connectivity index (χ3n) is 6.13. The number of methoxy groups -OCH3 is 1. The van der Waals surface area contributed by atoms with Crippen LogP contribution in [0.25, 0.3) is 11.1 Å². The van der Waals surface area contributed by atoms with Gasteiger partial charge in [-0.1, -0.05) is 54.1 Å². The van der Waals surface area contributed by atoms with Crippen LogP contribution >= 0.6 is 11.6 Å². The number of rotatable bonds is 5. The third kappa shape index (κ3) is 3.43. The Balaban J connectivity index is 1.26. The number of hydrogen-bond acceptors (Lipinski definition) is 2. The van der Waals surface area contributed by atoms with Crippen LogP contribution in [-0.4, -0.2) is 13.2 Å². The van der Waals surface area contributed by atoms with E-state index in [0.717, 1.165) is 17.2 Å². The van der Waals surface area contributed by atoms with Crippen molar-refractivity contribution in [2.75, 3.05) is 7.11 Å². The van der Waals surface area contributed by atoms with Crippen molar-refractivity contribution in [2.45, 2.75) is 37.3 Å². The molecule has 2 nitrogen and oxygen atoms in total. The quantitative estimate of drug-likeness (QED) is 0.565. The van der Waals surface area contributed by atoms with E-state index in [1.807, 2.05) is 18.2 Å². The van der Waals surface area contributed by atoms with Crippen LogP contribution < -0.4 is 10.1 Å². The molecule has 3 heteroatoms. The monoisotopic (exact) mass is 389 g/mol. The van der Waals surface area contributed by atoms with E-state index in [2.05, 4.69) is 53.8 Å². The highest BCUT2D eigenvalue weighted by atomic mass is 35.5. The molecule has 1 N–H and O–H groups in total. The summed E-state index contributed by atoms with van der Waals surface area (Å²) in [7, 11) is 1.74. The molecule has 0 aromatic heterocycles. The first-order valence-electron chi connectivity index (χ1n) is 10.00. The molecule has 0 saturated heterocycles. The van der Waals surface area contributed by atoms with E-state index in [-0.39, 0.29) is 0 Å². The van der Waals surface area contributed by atoms with Gasteiger partial charge in [-0.3, -0.25) is 0 Å². The van der Waals surface area contributed by atoms with Crippen molar-refractivity contribution in [1.29, 1.82) is 0 Å². The summed E-state index contributed by atoms with van der Waals surface area (Å²) in [6.45, 7) is 0. The second-order valence-corrected chi connectivity index (χ2v) is 8.34. The molecule has 0 bridgehead atoms. The highest BCUT2D eigenvalue weighted by Gasteiger charge is 2.40. The minimum absolute atomic E-state index is 0.450. The maximum atomic E-state index is 6.13. The Morgan fingerprint density at radius 2 is 1.82 bits per heavy atom. The Morgan fingerprint density at radius 3 is 2.61 bits per heavy atom. The summed E-state index contributed by atoms with van der Waals surface area (Å²) in [5.74, 6) is 1.57.